The van der Waals surface area contributed by atoms with Crippen molar-refractivity contribution in [2.75, 3.05) is 0 Å². The molecular formula is C7H10N2. The summed E-state index contributed by atoms with van der Waals surface area (Å²) in [6.45, 7) is 0. The smallest absolute Gasteiger partial charge is 0.0898 e. The first-order valence-corrected chi connectivity index (χ1v) is 3.41. The predicted molar refractivity (Wildman–Crippen MR) is 37.6 cm³/mol. The molecule has 1 heterocycles. The summed E-state index contributed by atoms with van der Waals surface area (Å²) in [6, 6.07) is 1.05. The quantitative estimate of drug-likeness (QED) is 0.470. The average Bonchev–Trinajstić information content (AvgIpc) is 2.33. The summed E-state index contributed by atoms with van der Waals surface area (Å²) < 4.78 is 0. The molecule has 2 rings (SSSR count). The molecule has 0 radical (unpaired) electrons. The molecule has 2 nitrogen and oxygen atoms in total. The van der Waals surface area contributed by atoms with Crippen LogP contribution < -0.4 is 5.32 Å². The minimum absolute atomic E-state index is 0.443. The Balaban J connectivity index is 2.17. The van der Waals surface area contributed by atoms with Gasteiger partial charge in [-0.2, -0.15) is 0 Å². The van der Waals surface area contributed by atoms with Crippen LogP contribution in [0.5, 0.6) is 0 Å². The van der Waals surface area contributed by atoms with Crippen molar-refractivity contribution in [2.45, 2.75) is 24.9 Å². The fourth-order valence-corrected chi connectivity index (χ4v) is 1.38. The largest absolute Gasteiger partial charge is 0.371 e. The number of nitrogens with one attached hydrogen (secondary N) is 1. The van der Waals surface area contributed by atoms with Crippen molar-refractivity contribution < 1.29 is 0 Å². The molecule has 48 valence electrons. The molecule has 0 fully saturated rings. The van der Waals surface area contributed by atoms with Gasteiger partial charge in [0.15, 0.2) is 0 Å². The maximum atomic E-state index is 4.23. The van der Waals surface area contributed by atoms with Gasteiger partial charge in [-0.1, -0.05) is 12.2 Å². The van der Waals surface area contributed by atoms with Gasteiger partial charge >= 0.3 is 0 Å². The Morgan fingerprint density at radius 3 is 3.44 bits per heavy atom. The number of hydrogen-bond donors (Lipinski definition) is 1. The highest BCUT2D eigenvalue weighted by atomic mass is 15.1. The van der Waals surface area contributed by atoms with Crippen molar-refractivity contribution in [1.29, 1.82) is 0 Å². The second-order valence-corrected chi connectivity index (χ2v) is 2.55. The molecular weight excluding hydrogens is 112 g/mol. The number of aliphatic imine (C=N–C) groups is 1. The summed E-state index contributed by atoms with van der Waals surface area (Å²) >= 11 is 0. The molecule has 0 aromatic carbocycles. The summed E-state index contributed by atoms with van der Waals surface area (Å²) in [7, 11) is 0. The van der Waals surface area contributed by atoms with Gasteiger partial charge in [0, 0.05) is 0 Å². The van der Waals surface area contributed by atoms with E-state index in [1.54, 1.807) is 0 Å². The van der Waals surface area contributed by atoms with Crippen molar-refractivity contribution in [3.05, 3.63) is 12.2 Å². The molecule has 2 atom stereocenters. The minimum atomic E-state index is 0.443. The molecule has 2 aliphatic rings. The Hall–Kier alpha value is -0.790. The molecule has 0 saturated carbocycles. The zero-order valence-electron chi connectivity index (χ0n) is 5.25. The molecule has 1 N–H and O–H groups in total. The molecule has 9 heavy (non-hydrogen) atoms. The standard InChI is InChI=1S/C7H10N2/c1-2-4-7-6(3-1)8-5-9-7/h1,3,5-7H,2,4H2,(H,8,9). The van der Waals surface area contributed by atoms with Crippen LogP contribution in [0.3, 0.4) is 0 Å². The minimum Gasteiger partial charge on any atom is -0.371 e. The lowest BCUT2D eigenvalue weighted by Crippen LogP contribution is -2.31. The van der Waals surface area contributed by atoms with Crippen LogP contribution in [0.2, 0.25) is 0 Å². The number of nitrogens with zero attached hydrogens (tertiary/aromatic N) is 1. The molecule has 0 aromatic rings. The molecule has 2 unspecified atom stereocenters. The Labute approximate surface area is 54.7 Å². The van der Waals surface area contributed by atoms with Gasteiger partial charge in [-0.25, -0.2) is 0 Å². The zero-order valence-corrected chi connectivity index (χ0v) is 5.25. The first kappa shape index (κ1) is 5.03. The molecule has 2 heteroatoms. The van der Waals surface area contributed by atoms with Crippen LogP contribution in [0.1, 0.15) is 12.8 Å². The SMILES string of the molecule is C1=CC2N=CNC2CC1. The maximum Gasteiger partial charge on any atom is 0.0898 e. The topological polar surface area (TPSA) is 24.4 Å². The van der Waals surface area contributed by atoms with E-state index in [0.717, 1.165) is 0 Å². The van der Waals surface area contributed by atoms with Crippen LogP contribution in [-0.4, -0.2) is 18.4 Å². The third kappa shape index (κ3) is 0.745. The van der Waals surface area contributed by atoms with Crippen LogP contribution in [0.4, 0.5) is 0 Å². The fourth-order valence-electron chi connectivity index (χ4n) is 1.38. The van der Waals surface area contributed by atoms with Crippen molar-refractivity contribution >= 4 is 6.34 Å². The molecule has 0 amide bonds. The maximum absolute atomic E-state index is 4.23. The number of allylic oxidation sites excluding steroid dienone is 1. The third-order valence-electron chi connectivity index (χ3n) is 1.93. The van der Waals surface area contributed by atoms with E-state index >= 15 is 0 Å². The number of hydrogen-bond acceptors (Lipinski definition) is 2. The number of fused-ring (bicyclic) bond motifs is 1. The average molecular weight is 122 g/mol. The van der Waals surface area contributed by atoms with E-state index in [2.05, 4.69) is 22.5 Å². The highest BCUT2D eigenvalue weighted by Crippen LogP contribution is 2.16. The Morgan fingerprint density at radius 1 is 1.56 bits per heavy atom. The lowest BCUT2D eigenvalue weighted by Gasteiger charge is -2.17. The van der Waals surface area contributed by atoms with Gasteiger partial charge in [-0.15, -0.1) is 0 Å². The van der Waals surface area contributed by atoms with Crippen molar-refractivity contribution in [3.63, 3.8) is 0 Å². The Bertz CT molecular complexity index is 160. The third-order valence-corrected chi connectivity index (χ3v) is 1.93. The van der Waals surface area contributed by atoms with E-state index in [0.29, 0.717) is 12.1 Å². The van der Waals surface area contributed by atoms with Gasteiger partial charge in [0.1, 0.15) is 0 Å². The summed E-state index contributed by atoms with van der Waals surface area (Å²) in [5.74, 6) is 0. The van der Waals surface area contributed by atoms with E-state index in [4.69, 9.17) is 0 Å². The van der Waals surface area contributed by atoms with Crippen LogP contribution in [0.15, 0.2) is 17.1 Å². The van der Waals surface area contributed by atoms with E-state index in [9.17, 15) is 0 Å². The van der Waals surface area contributed by atoms with Gasteiger partial charge < -0.3 is 5.32 Å². The first-order chi connectivity index (χ1) is 4.47. The Morgan fingerprint density at radius 2 is 2.56 bits per heavy atom. The van der Waals surface area contributed by atoms with Gasteiger partial charge in [0.25, 0.3) is 0 Å². The zero-order chi connectivity index (χ0) is 6.10. The molecule has 0 aromatic heterocycles. The van der Waals surface area contributed by atoms with Gasteiger partial charge in [0.05, 0.1) is 18.4 Å². The summed E-state index contributed by atoms with van der Waals surface area (Å²) in [6.07, 6.45) is 8.67. The van der Waals surface area contributed by atoms with E-state index in [1.807, 2.05) is 6.34 Å². The van der Waals surface area contributed by atoms with Gasteiger partial charge in [-0.3, -0.25) is 4.99 Å². The second-order valence-electron chi connectivity index (χ2n) is 2.55. The van der Waals surface area contributed by atoms with Crippen LogP contribution in [-0.2, 0) is 0 Å². The van der Waals surface area contributed by atoms with Gasteiger partial charge in [-0.05, 0) is 12.8 Å². The van der Waals surface area contributed by atoms with Gasteiger partial charge in [0.2, 0.25) is 0 Å². The highest BCUT2D eigenvalue weighted by molar-refractivity contribution is 5.59. The first-order valence-electron chi connectivity index (χ1n) is 3.41. The predicted octanol–water partition coefficient (Wildman–Crippen LogP) is 0.705. The lowest BCUT2D eigenvalue weighted by molar-refractivity contribution is 0.533. The van der Waals surface area contributed by atoms with Crippen LogP contribution in [0.25, 0.3) is 0 Å². The van der Waals surface area contributed by atoms with Crippen molar-refractivity contribution in [1.82, 2.24) is 5.32 Å². The van der Waals surface area contributed by atoms with E-state index in [-0.39, 0.29) is 0 Å². The molecule has 1 aliphatic heterocycles. The van der Waals surface area contributed by atoms with Crippen LogP contribution in [0, 0.1) is 0 Å². The van der Waals surface area contributed by atoms with E-state index < -0.39 is 0 Å². The molecule has 0 spiro atoms. The second kappa shape index (κ2) is 1.87. The lowest BCUT2D eigenvalue weighted by atomic mass is 9.99. The fraction of sp³-hybridized carbons (Fsp3) is 0.571. The monoisotopic (exact) mass is 122 g/mol. The summed E-state index contributed by atoms with van der Waals surface area (Å²) in [5.41, 5.74) is 0. The molecule has 0 bridgehead atoms. The molecule has 1 aliphatic carbocycles. The highest BCUT2D eigenvalue weighted by Gasteiger charge is 2.22. The van der Waals surface area contributed by atoms with E-state index in [1.165, 1.54) is 12.8 Å². The summed E-state index contributed by atoms with van der Waals surface area (Å²) in [4.78, 5) is 4.23. The van der Waals surface area contributed by atoms with Crippen molar-refractivity contribution in [2.24, 2.45) is 4.99 Å². The Kier molecular flexibility index (Phi) is 1.04. The van der Waals surface area contributed by atoms with Crippen molar-refractivity contribution in [3.8, 4) is 0 Å². The number of rotatable bonds is 0. The normalized spacial score (nSPS) is 38.2. The molecule has 0 saturated heterocycles. The summed E-state index contributed by atoms with van der Waals surface area (Å²) in [5, 5.41) is 3.22. The van der Waals surface area contributed by atoms with Crippen LogP contribution >= 0.6 is 0 Å².